The lowest BCUT2D eigenvalue weighted by atomic mass is 10.1. The molecular formula is C18H26N4O2. The number of aliphatic hydroxyl groups is 1. The van der Waals surface area contributed by atoms with Gasteiger partial charge in [0.05, 0.1) is 12.6 Å². The minimum atomic E-state index is -0.282. The van der Waals surface area contributed by atoms with Crippen molar-refractivity contribution in [1.82, 2.24) is 20.0 Å². The van der Waals surface area contributed by atoms with Crippen LogP contribution in [-0.2, 0) is 6.54 Å². The quantitative estimate of drug-likeness (QED) is 0.874. The van der Waals surface area contributed by atoms with E-state index in [4.69, 9.17) is 4.42 Å². The Morgan fingerprint density at radius 1 is 1.25 bits per heavy atom. The molecule has 2 aromatic rings. The first-order valence-corrected chi connectivity index (χ1v) is 8.68. The summed E-state index contributed by atoms with van der Waals surface area (Å²) in [7, 11) is 0. The van der Waals surface area contributed by atoms with E-state index < -0.39 is 0 Å². The second-order valence-corrected chi connectivity index (χ2v) is 6.51. The van der Waals surface area contributed by atoms with Crippen molar-refractivity contribution in [3.63, 3.8) is 0 Å². The number of β-amino-alcohol motifs (C(OH)–C–C–N with tert-alkyl or cyclic N) is 1. The van der Waals surface area contributed by atoms with E-state index in [9.17, 15) is 5.11 Å². The van der Waals surface area contributed by atoms with Crippen LogP contribution in [0.5, 0.6) is 0 Å². The van der Waals surface area contributed by atoms with Crippen molar-refractivity contribution in [3.8, 4) is 11.5 Å². The van der Waals surface area contributed by atoms with Crippen LogP contribution in [0.15, 0.2) is 34.7 Å². The van der Waals surface area contributed by atoms with E-state index in [1.807, 2.05) is 37.3 Å². The van der Waals surface area contributed by atoms with Gasteiger partial charge in [-0.1, -0.05) is 25.1 Å². The molecule has 0 radical (unpaired) electrons. The third kappa shape index (κ3) is 4.20. The number of piperazine rings is 1. The lowest BCUT2D eigenvalue weighted by molar-refractivity contribution is 0.0309. The molecule has 1 aliphatic heterocycles. The van der Waals surface area contributed by atoms with E-state index in [-0.39, 0.29) is 6.10 Å². The fraction of sp³-hybridized carbons (Fsp3) is 0.556. The highest BCUT2D eigenvalue weighted by Gasteiger charge is 2.27. The summed E-state index contributed by atoms with van der Waals surface area (Å²) >= 11 is 0. The number of rotatable bonds is 6. The van der Waals surface area contributed by atoms with Crippen LogP contribution in [0.4, 0.5) is 0 Å². The van der Waals surface area contributed by atoms with Crippen molar-refractivity contribution < 1.29 is 9.52 Å². The topological polar surface area (TPSA) is 65.6 Å². The largest absolute Gasteiger partial charge is 0.419 e. The Balaban J connectivity index is 1.60. The predicted molar refractivity (Wildman–Crippen MR) is 92.3 cm³/mol. The molecular weight excluding hydrogens is 304 g/mol. The van der Waals surface area contributed by atoms with Crippen molar-refractivity contribution in [3.05, 3.63) is 36.2 Å². The number of hydrogen-bond acceptors (Lipinski definition) is 6. The summed E-state index contributed by atoms with van der Waals surface area (Å²) in [5.74, 6) is 1.23. The van der Waals surface area contributed by atoms with E-state index in [1.54, 1.807) is 0 Å². The smallest absolute Gasteiger partial charge is 0.247 e. The fourth-order valence-electron chi connectivity index (χ4n) is 3.27. The third-order valence-corrected chi connectivity index (χ3v) is 4.51. The van der Waals surface area contributed by atoms with E-state index in [0.717, 1.165) is 38.2 Å². The molecule has 3 rings (SSSR count). The first-order chi connectivity index (χ1) is 11.7. The Morgan fingerprint density at radius 2 is 2.04 bits per heavy atom. The molecule has 1 aromatic heterocycles. The van der Waals surface area contributed by atoms with Crippen molar-refractivity contribution in [2.45, 2.75) is 39.0 Å². The normalized spacial score (nSPS) is 21.0. The molecule has 0 amide bonds. The molecule has 0 saturated carbocycles. The number of benzene rings is 1. The average Bonchev–Trinajstić information content (AvgIpc) is 3.05. The zero-order valence-electron chi connectivity index (χ0n) is 14.4. The van der Waals surface area contributed by atoms with Crippen molar-refractivity contribution in [2.24, 2.45) is 0 Å². The van der Waals surface area contributed by atoms with E-state index >= 15 is 0 Å². The van der Waals surface area contributed by atoms with Gasteiger partial charge in [0.25, 0.3) is 0 Å². The Morgan fingerprint density at radius 3 is 2.75 bits per heavy atom. The molecule has 6 nitrogen and oxygen atoms in total. The maximum absolute atomic E-state index is 9.64. The van der Waals surface area contributed by atoms with Crippen LogP contribution in [0.2, 0.25) is 0 Å². The Kier molecular flexibility index (Phi) is 5.60. The van der Waals surface area contributed by atoms with Gasteiger partial charge in [0, 0.05) is 37.8 Å². The molecule has 2 atom stereocenters. The van der Waals surface area contributed by atoms with Gasteiger partial charge < -0.3 is 9.52 Å². The van der Waals surface area contributed by atoms with Crippen molar-refractivity contribution in [1.29, 1.82) is 0 Å². The molecule has 130 valence electrons. The standard InChI is InChI=1S/C18H26N4O2/c1-3-16-12-21(9-10-22(16)11-14(2)23)13-17-19-20-18(24-17)15-7-5-4-6-8-15/h4-8,14,16,23H,3,9-13H2,1-2H3/t14-,16+/m0/s1. The number of nitrogens with zero attached hydrogens (tertiary/aromatic N) is 4. The summed E-state index contributed by atoms with van der Waals surface area (Å²) in [6.07, 6.45) is 0.789. The van der Waals surface area contributed by atoms with E-state index in [2.05, 4.69) is 26.9 Å². The van der Waals surface area contributed by atoms with Gasteiger partial charge in [-0.3, -0.25) is 9.80 Å². The summed E-state index contributed by atoms with van der Waals surface area (Å²) < 4.78 is 5.82. The first kappa shape index (κ1) is 17.1. The van der Waals surface area contributed by atoms with Gasteiger partial charge in [-0.2, -0.15) is 0 Å². The molecule has 0 unspecified atom stereocenters. The minimum absolute atomic E-state index is 0.282. The summed E-state index contributed by atoms with van der Waals surface area (Å²) in [5, 5.41) is 18.0. The molecule has 1 saturated heterocycles. The maximum Gasteiger partial charge on any atom is 0.247 e. The highest BCUT2D eigenvalue weighted by atomic mass is 16.4. The van der Waals surface area contributed by atoms with Gasteiger partial charge in [0.15, 0.2) is 0 Å². The van der Waals surface area contributed by atoms with Crippen LogP contribution in [0, 0.1) is 0 Å². The molecule has 0 aliphatic carbocycles. The van der Waals surface area contributed by atoms with Gasteiger partial charge in [0.2, 0.25) is 11.8 Å². The molecule has 6 heteroatoms. The van der Waals surface area contributed by atoms with E-state index in [1.165, 1.54) is 0 Å². The van der Waals surface area contributed by atoms with Gasteiger partial charge in [-0.15, -0.1) is 10.2 Å². The number of hydrogen-bond donors (Lipinski definition) is 1. The monoisotopic (exact) mass is 330 g/mol. The summed E-state index contributed by atoms with van der Waals surface area (Å²) in [6.45, 7) is 8.34. The zero-order chi connectivity index (χ0) is 16.9. The molecule has 1 aliphatic rings. The fourth-order valence-corrected chi connectivity index (χ4v) is 3.27. The third-order valence-electron chi connectivity index (χ3n) is 4.51. The molecule has 0 spiro atoms. The summed E-state index contributed by atoms with van der Waals surface area (Å²) in [6, 6.07) is 10.3. The lowest BCUT2D eigenvalue weighted by Gasteiger charge is -2.41. The highest BCUT2D eigenvalue weighted by Crippen LogP contribution is 2.19. The molecule has 24 heavy (non-hydrogen) atoms. The van der Waals surface area contributed by atoms with Crippen molar-refractivity contribution in [2.75, 3.05) is 26.2 Å². The van der Waals surface area contributed by atoms with Crippen LogP contribution >= 0.6 is 0 Å². The summed E-state index contributed by atoms with van der Waals surface area (Å²) in [5.41, 5.74) is 0.949. The molecule has 1 fully saturated rings. The second-order valence-electron chi connectivity index (χ2n) is 6.51. The maximum atomic E-state index is 9.64. The van der Waals surface area contributed by atoms with Gasteiger partial charge >= 0.3 is 0 Å². The molecule has 1 aromatic carbocycles. The zero-order valence-corrected chi connectivity index (χ0v) is 14.4. The van der Waals surface area contributed by atoms with Crippen LogP contribution in [0.25, 0.3) is 11.5 Å². The first-order valence-electron chi connectivity index (χ1n) is 8.68. The SMILES string of the molecule is CC[C@@H]1CN(Cc2nnc(-c3ccccc3)o2)CCN1C[C@H](C)O. The van der Waals surface area contributed by atoms with Crippen LogP contribution < -0.4 is 0 Å². The lowest BCUT2D eigenvalue weighted by Crippen LogP contribution is -2.54. The minimum Gasteiger partial charge on any atom is -0.419 e. The number of aromatic nitrogens is 2. The average molecular weight is 330 g/mol. The van der Waals surface area contributed by atoms with Gasteiger partial charge in [-0.05, 0) is 25.5 Å². The molecule has 1 N–H and O–H groups in total. The molecule has 2 heterocycles. The Bertz CT molecular complexity index is 629. The Hall–Kier alpha value is -1.76. The van der Waals surface area contributed by atoms with Crippen LogP contribution in [-0.4, -0.2) is 63.4 Å². The second kappa shape index (κ2) is 7.88. The number of aliphatic hydroxyl groups excluding tert-OH is 1. The Labute approximate surface area is 143 Å². The molecule has 0 bridgehead atoms. The van der Waals surface area contributed by atoms with Gasteiger partial charge in [0.1, 0.15) is 0 Å². The van der Waals surface area contributed by atoms with Crippen LogP contribution in [0.1, 0.15) is 26.2 Å². The summed E-state index contributed by atoms with van der Waals surface area (Å²) in [4.78, 5) is 4.74. The van der Waals surface area contributed by atoms with Gasteiger partial charge in [-0.25, -0.2) is 0 Å². The van der Waals surface area contributed by atoms with Crippen molar-refractivity contribution >= 4 is 0 Å². The highest BCUT2D eigenvalue weighted by molar-refractivity contribution is 5.51. The van der Waals surface area contributed by atoms with E-state index in [0.29, 0.717) is 24.4 Å². The van der Waals surface area contributed by atoms with Crippen LogP contribution in [0.3, 0.4) is 0 Å². The predicted octanol–water partition coefficient (Wildman–Crippen LogP) is 2.01.